The lowest BCUT2D eigenvalue weighted by Gasteiger charge is -2.45. The van der Waals surface area contributed by atoms with Crippen LogP contribution < -0.4 is 5.32 Å². The summed E-state index contributed by atoms with van der Waals surface area (Å²) in [5.74, 6) is 0. The van der Waals surface area contributed by atoms with Gasteiger partial charge in [0.05, 0.1) is 6.10 Å². The van der Waals surface area contributed by atoms with E-state index in [9.17, 15) is 9.90 Å². The smallest absolute Gasteiger partial charge is 0.407 e. The first kappa shape index (κ1) is 19.8. The van der Waals surface area contributed by atoms with E-state index in [0.29, 0.717) is 0 Å². The Morgan fingerprint density at radius 1 is 1.28 bits per heavy atom. The van der Waals surface area contributed by atoms with E-state index in [0.717, 1.165) is 38.5 Å². The highest BCUT2D eigenvalue weighted by Gasteiger charge is 2.42. The zero-order valence-electron chi connectivity index (χ0n) is 16.0. The van der Waals surface area contributed by atoms with E-state index in [1.54, 1.807) is 0 Å². The molecule has 0 spiro atoms. The van der Waals surface area contributed by atoms with Gasteiger partial charge < -0.3 is 15.2 Å². The van der Waals surface area contributed by atoms with Crippen molar-refractivity contribution in [2.45, 2.75) is 84.0 Å². The molecule has 4 nitrogen and oxygen atoms in total. The molecule has 0 radical (unpaired) electrons. The monoisotopic (exact) mass is 347 g/mol. The molecule has 1 aromatic carbocycles. The Balaban J connectivity index is 2.18. The largest absolute Gasteiger partial charge is 0.444 e. The van der Waals surface area contributed by atoms with Gasteiger partial charge in [0.1, 0.15) is 5.60 Å². The summed E-state index contributed by atoms with van der Waals surface area (Å²) in [5, 5.41) is 13.1. The van der Waals surface area contributed by atoms with Crippen molar-refractivity contribution in [3.8, 4) is 0 Å². The molecule has 4 heteroatoms. The lowest BCUT2D eigenvalue weighted by Crippen LogP contribution is -2.51. The number of carbonyl (C=O) groups is 1. The molecule has 0 bridgehead atoms. The summed E-state index contributed by atoms with van der Waals surface area (Å²) in [7, 11) is 0. The van der Waals surface area contributed by atoms with Crippen molar-refractivity contribution >= 4 is 6.09 Å². The van der Waals surface area contributed by atoms with E-state index in [4.69, 9.17) is 4.74 Å². The SMILES string of the molecule is CCC(NC(=O)OC(C)(C)C)[C@]1(Cc2ccccc2)CC[C@H](O)CC1. The molecule has 2 rings (SSSR count). The van der Waals surface area contributed by atoms with E-state index in [1.165, 1.54) is 5.56 Å². The quantitative estimate of drug-likeness (QED) is 0.827. The minimum Gasteiger partial charge on any atom is -0.444 e. The molecule has 1 fully saturated rings. The first-order valence-corrected chi connectivity index (χ1v) is 9.45. The molecule has 1 saturated carbocycles. The van der Waals surface area contributed by atoms with Gasteiger partial charge in [-0.1, -0.05) is 37.3 Å². The molecular formula is C21H33NO3. The van der Waals surface area contributed by atoms with Gasteiger partial charge in [-0.15, -0.1) is 0 Å². The van der Waals surface area contributed by atoms with Gasteiger partial charge in [-0.05, 0) is 70.3 Å². The summed E-state index contributed by atoms with van der Waals surface area (Å²) >= 11 is 0. The summed E-state index contributed by atoms with van der Waals surface area (Å²) < 4.78 is 5.48. The third-order valence-corrected chi connectivity index (χ3v) is 5.19. The highest BCUT2D eigenvalue weighted by Crippen LogP contribution is 2.43. The second kappa shape index (κ2) is 8.22. The van der Waals surface area contributed by atoms with Crippen LogP contribution in [0.15, 0.2) is 30.3 Å². The normalized spacial score (nSPS) is 25.2. The van der Waals surface area contributed by atoms with Crippen LogP contribution in [0.1, 0.15) is 65.4 Å². The highest BCUT2D eigenvalue weighted by molar-refractivity contribution is 5.68. The molecule has 140 valence electrons. The fraction of sp³-hybridized carbons (Fsp3) is 0.667. The van der Waals surface area contributed by atoms with Crippen molar-refractivity contribution in [1.29, 1.82) is 0 Å². The van der Waals surface area contributed by atoms with Gasteiger partial charge >= 0.3 is 6.09 Å². The fourth-order valence-corrected chi connectivity index (χ4v) is 3.97. The number of hydrogen-bond acceptors (Lipinski definition) is 3. The number of amides is 1. The van der Waals surface area contributed by atoms with Gasteiger partial charge in [0.25, 0.3) is 0 Å². The molecule has 1 aromatic rings. The van der Waals surface area contributed by atoms with E-state index in [2.05, 4.69) is 36.5 Å². The molecule has 2 N–H and O–H groups in total. The van der Waals surface area contributed by atoms with Gasteiger partial charge in [-0.3, -0.25) is 0 Å². The number of nitrogens with one attached hydrogen (secondary N) is 1. The van der Waals surface area contributed by atoms with Crippen molar-refractivity contribution in [2.75, 3.05) is 0 Å². The minimum absolute atomic E-state index is 0.0355. The van der Waals surface area contributed by atoms with Crippen LogP contribution in [-0.4, -0.2) is 28.9 Å². The summed E-state index contributed by atoms with van der Waals surface area (Å²) in [6.45, 7) is 7.75. The third kappa shape index (κ3) is 5.74. The number of aliphatic hydroxyl groups excluding tert-OH is 1. The average Bonchev–Trinajstić information content (AvgIpc) is 2.54. The molecule has 0 saturated heterocycles. The zero-order chi connectivity index (χ0) is 18.5. The Labute approximate surface area is 152 Å². The van der Waals surface area contributed by atoms with E-state index < -0.39 is 5.60 Å². The van der Waals surface area contributed by atoms with Crippen LogP contribution in [0.4, 0.5) is 4.79 Å². The molecule has 0 aliphatic heterocycles. The maximum Gasteiger partial charge on any atom is 0.407 e. The standard InChI is InChI=1S/C21H33NO3/c1-5-18(22-19(24)25-20(2,3)4)21(13-11-17(23)12-14-21)15-16-9-7-6-8-10-16/h6-10,17-18,23H,5,11-15H2,1-4H3,(H,22,24)/t17-,18?,21+. The number of carbonyl (C=O) groups excluding carboxylic acids is 1. The molecule has 25 heavy (non-hydrogen) atoms. The maximum atomic E-state index is 12.3. The van der Waals surface area contributed by atoms with Crippen molar-refractivity contribution in [3.05, 3.63) is 35.9 Å². The van der Waals surface area contributed by atoms with Crippen molar-refractivity contribution in [1.82, 2.24) is 5.32 Å². The van der Waals surface area contributed by atoms with Crippen LogP contribution in [0.5, 0.6) is 0 Å². The Morgan fingerprint density at radius 3 is 2.40 bits per heavy atom. The number of alkyl carbamates (subject to hydrolysis) is 1. The lowest BCUT2D eigenvalue weighted by atomic mass is 9.64. The molecule has 0 heterocycles. The fourth-order valence-electron chi connectivity index (χ4n) is 3.97. The van der Waals surface area contributed by atoms with Crippen LogP contribution >= 0.6 is 0 Å². The second-order valence-corrected chi connectivity index (χ2v) is 8.36. The predicted octanol–water partition coefficient (Wildman–Crippen LogP) is 4.45. The molecule has 1 amide bonds. The molecular weight excluding hydrogens is 314 g/mol. The number of hydrogen-bond donors (Lipinski definition) is 2. The first-order chi connectivity index (χ1) is 11.7. The number of benzene rings is 1. The lowest BCUT2D eigenvalue weighted by molar-refractivity contribution is 0.0210. The van der Waals surface area contributed by atoms with E-state index in [1.807, 2.05) is 26.8 Å². The van der Waals surface area contributed by atoms with Crippen LogP contribution in [0.25, 0.3) is 0 Å². The minimum atomic E-state index is -0.502. The first-order valence-electron chi connectivity index (χ1n) is 9.45. The molecule has 1 aliphatic rings. The van der Waals surface area contributed by atoms with Gasteiger partial charge in [-0.25, -0.2) is 4.79 Å². The van der Waals surface area contributed by atoms with Gasteiger partial charge in [0, 0.05) is 6.04 Å². The zero-order valence-corrected chi connectivity index (χ0v) is 16.0. The topological polar surface area (TPSA) is 58.6 Å². The number of aliphatic hydroxyl groups is 1. The highest BCUT2D eigenvalue weighted by atomic mass is 16.6. The van der Waals surface area contributed by atoms with Crippen LogP contribution in [0, 0.1) is 5.41 Å². The van der Waals surface area contributed by atoms with Gasteiger partial charge in [0.15, 0.2) is 0 Å². The maximum absolute atomic E-state index is 12.3. The molecule has 0 aromatic heterocycles. The molecule has 1 atom stereocenters. The Morgan fingerprint density at radius 2 is 1.88 bits per heavy atom. The van der Waals surface area contributed by atoms with Crippen molar-refractivity contribution in [3.63, 3.8) is 0 Å². The third-order valence-electron chi connectivity index (χ3n) is 5.19. The Kier molecular flexibility index (Phi) is 6.50. The Bertz CT molecular complexity index is 542. The molecule has 1 unspecified atom stereocenters. The molecule has 1 aliphatic carbocycles. The summed E-state index contributed by atoms with van der Waals surface area (Å²) in [6.07, 6.45) is 4.60. The average molecular weight is 347 g/mol. The second-order valence-electron chi connectivity index (χ2n) is 8.36. The van der Waals surface area contributed by atoms with Crippen molar-refractivity contribution in [2.24, 2.45) is 5.41 Å². The van der Waals surface area contributed by atoms with E-state index >= 15 is 0 Å². The van der Waals surface area contributed by atoms with Gasteiger partial charge in [-0.2, -0.15) is 0 Å². The van der Waals surface area contributed by atoms with Crippen molar-refractivity contribution < 1.29 is 14.6 Å². The van der Waals surface area contributed by atoms with Crippen LogP contribution in [0.3, 0.4) is 0 Å². The Hall–Kier alpha value is -1.55. The number of ether oxygens (including phenoxy) is 1. The summed E-state index contributed by atoms with van der Waals surface area (Å²) in [4.78, 5) is 12.3. The number of rotatable bonds is 5. The van der Waals surface area contributed by atoms with E-state index in [-0.39, 0.29) is 23.7 Å². The van der Waals surface area contributed by atoms with Gasteiger partial charge in [0.2, 0.25) is 0 Å². The van der Waals surface area contributed by atoms with Crippen LogP contribution in [0.2, 0.25) is 0 Å². The predicted molar refractivity (Wildman–Crippen MR) is 101 cm³/mol. The summed E-state index contributed by atoms with van der Waals surface area (Å²) in [5.41, 5.74) is 0.743. The van der Waals surface area contributed by atoms with Crippen LogP contribution in [-0.2, 0) is 11.2 Å². The summed E-state index contributed by atoms with van der Waals surface area (Å²) in [6, 6.07) is 10.5.